The third-order valence-electron chi connectivity index (χ3n) is 5.90. The molecule has 2 aromatic carbocycles. The van der Waals surface area contributed by atoms with Crippen LogP contribution in [0.5, 0.6) is 0 Å². The van der Waals surface area contributed by atoms with Gasteiger partial charge < -0.3 is 10.2 Å². The summed E-state index contributed by atoms with van der Waals surface area (Å²) < 4.78 is 13.1. The lowest BCUT2D eigenvalue weighted by molar-refractivity contribution is -0.124. The Morgan fingerprint density at radius 2 is 1.78 bits per heavy atom. The van der Waals surface area contributed by atoms with E-state index in [1.165, 1.54) is 41.2 Å². The topological polar surface area (TPSA) is 69.7 Å². The lowest BCUT2D eigenvalue weighted by Gasteiger charge is -2.23. The Hall–Kier alpha value is -3.48. The predicted molar refractivity (Wildman–Crippen MR) is 121 cm³/mol. The molecule has 1 fully saturated rings. The van der Waals surface area contributed by atoms with Crippen molar-refractivity contribution in [3.05, 3.63) is 72.1 Å². The molecule has 4 rings (SSSR count). The second-order valence-corrected chi connectivity index (χ2v) is 8.12. The highest BCUT2D eigenvalue weighted by molar-refractivity contribution is 6.22. The number of amides is 4. The molecule has 0 radical (unpaired) electrons. The summed E-state index contributed by atoms with van der Waals surface area (Å²) in [5, 5.41) is 2.69. The maximum Gasteiger partial charge on any atom is 0.332 e. The molecule has 166 valence electrons. The fraction of sp³-hybridized carbons (Fsp3) is 0.320. The molecule has 1 N–H and O–H groups in total. The summed E-state index contributed by atoms with van der Waals surface area (Å²) in [7, 11) is 0. The van der Waals surface area contributed by atoms with Gasteiger partial charge in [0.05, 0.1) is 12.1 Å². The zero-order valence-corrected chi connectivity index (χ0v) is 17.8. The summed E-state index contributed by atoms with van der Waals surface area (Å²) in [4.78, 5) is 41.8. The average molecular weight is 435 g/mol. The highest BCUT2D eigenvalue weighted by Gasteiger charge is 2.46. The van der Waals surface area contributed by atoms with Crippen molar-refractivity contribution < 1.29 is 18.8 Å². The third kappa shape index (κ3) is 4.88. The number of nitrogens with one attached hydrogen (secondary N) is 1. The van der Waals surface area contributed by atoms with E-state index in [9.17, 15) is 18.8 Å². The molecular formula is C25H26FN3O3. The van der Waals surface area contributed by atoms with Crippen LogP contribution in [0.15, 0.2) is 66.2 Å². The highest BCUT2D eigenvalue weighted by atomic mass is 19.1. The van der Waals surface area contributed by atoms with Gasteiger partial charge in [-0.05, 0) is 68.5 Å². The van der Waals surface area contributed by atoms with E-state index in [1.807, 2.05) is 6.07 Å². The van der Waals surface area contributed by atoms with Crippen LogP contribution in [-0.2, 0) is 9.59 Å². The van der Waals surface area contributed by atoms with Gasteiger partial charge in [0.2, 0.25) is 5.91 Å². The van der Waals surface area contributed by atoms with Crippen molar-refractivity contribution in [1.82, 2.24) is 4.90 Å². The lowest BCUT2D eigenvalue weighted by Crippen LogP contribution is -2.38. The van der Waals surface area contributed by atoms with Gasteiger partial charge >= 0.3 is 6.03 Å². The van der Waals surface area contributed by atoms with Crippen molar-refractivity contribution in [2.24, 2.45) is 0 Å². The van der Waals surface area contributed by atoms with E-state index in [1.54, 1.807) is 24.3 Å². The number of urea groups is 1. The number of carbonyl (C=O) groups excluding carboxylic acids is 3. The van der Waals surface area contributed by atoms with Gasteiger partial charge in [-0.25, -0.2) is 14.1 Å². The first-order valence-electron chi connectivity index (χ1n) is 11.0. The van der Waals surface area contributed by atoms with Gasteiger partial charge in [0.15, 0.2) is 0 Å². The Kier molecular flexibility index (Phi) is 6.63. The molecule has 1 aliphatic carbocycles. The normalized spacial score (nSPS) is 18.7. The van der Waals surface area contributed by atoms with Crippen LogP contribution in [0.3, 0.4) is 0 Å². The molecule has 1 saturated heterocycles. The van der Waals surface area contributed by atoms with Gasteiger partial charge in [-0.3, -0.25) is 9.59 Å². The molecule has 0 bridgehead atoms. The van der Waals surface area contributed by atoms with Crippen molar-refractivity contribution in [2.75, 3.05) is 16.8 Å². The zero-order valence-electron chi connectivity index (χ0n) is 17.8. The van der Waals surface area contributed by atoms with Crippen LogP contribution >= 0.6 is 0 Å². The van der Waals surface area contributed by atoms with Crippen LogP contribution in [0.1, 0.15) is 38.5 Å². The van der Waals surface area contributed by atoms with Crippen LogP contribution in [0.4, 0.5) is 20.6 Å². The zero-order chi connectivity index (χ0) is 22.5. The van der Waals surface area contributed by atoms with Crippen LogP contribution in [-0.4, -0.2) is 35.3 Å². The smallest absolute Gasteiger partial charge is 0.326 e. The van der Waals surface area contributed by atoms with Crippen molar-refractivity contribution in [1.29, 1.82) is 0 Å². The van der Waals surface area contributed by atoms with E-state index < -0.39 is 29.7 Å². The van der Waals surface area contributed by atoms with Crippen LogP contribution in [0.25, 0.3) is 0 Å². The van der Waals surface area contributed by atoms with Gasteiger partial charge in [-0.15, -0.1) is 0 Å². The van der Waals surface area contributed by atoms with Gasteiger partial charge in [0.25, 0.3) is 5.91 Å². The first-order valence-corrected chi connectivity index (χ1v) is 11.0. The summed E-state index contributed by atoms with van der Waals surface area (Å²) >= 11 is 0. The third-order valence-corrected chi connectivity index (χ3v) is 5.90. The number of rotatable bonds is 7. The number of allylic oxidation sites excluding steroid dienone is 1. The molecule has 0 unspecified atom stereocenters. The van der Waals surface area contributed by atoms with Crippen LogP contribution < -0.4 is 10.2 Å². The van der Waals surface area contributed by atoms with Crippen LogP contribution in [0, 0.1) is 5.82 Å². The molecule has 0 saturated carbocycles. The van der Waals surface area contributed by atoms with Gasteiger partial charge in [0.1, 0.15) is 11.9 Å². The Morgan fingerprint density at radius 3 is 2.47 bits per heavy atom. The number of benzene rings is 2. The van der Waals surface area contributed by atoms with E-state index in [0.717, 1.165) is 24.2 Å². The minimum atomic E-state index is -0.882. The summed E-state index contributed by atoms with van der Waals surface area (Å²) in [6, 6.07) is 12.9. The molecule has 1 atom stereocenters. The fourth-order valence-electron chi connectivity index (χ4n) is 4.22. The molecule has 6 nitrogen and oxygen atoms in total. The van der Waals surface area contributed by atoms with E-state index in [0.29, 0.717) is 24.3 Å². The lowest BCUT2D eigenvalue weighted by atomic mass is 9.97. The minimum absolute atomic E-state index is 0.162. The molecule has 0 aromatic heterocycles. The molecule has 1 aliphatic heterocycles. The van der Waals surface area contributed by atoms with Crippen molar-refractivity contribution in [3.8, 4) is 0 Å². The summed E-state index contributed by atoms with van der Waals surface area (Å²) in [5.41, 5.74) is 2.22. The quantitative estimate of drug-likeness (QED) is 0.498. The molecule has 32 heavy (non-hydrogen) atoms. The first kappa shape index (κ1) is 21.7. The molecule has 4 amide bonds. The molecule has 0 spiro atoms. The van der Waals surface area contributed by atoms with E-state index in [2.05, 4.69) is 11.4 Å². The number of carbonyl (C=O) groups is 3. The van der Waals surface area contributed by atoms with Crippen molar-refractivity contribution in [2.45, 2.75) is 44.6 Å². The maximum absolute atomic E-state index is 13.2. The average Bonchev–Trinajstić information content (AvgIpc) is 3.04. The largest absolute Gasteiger partial charge is 0.332 e. The number of imide groups is 1. The second-order valence-electron chi connectivity index (χ2n) is 8.12. The Labute approximate surface area is 186 Å². The van der Waals surface area contributed by atoms with E-state index in [4.69, 9.17) is 0 Å². The standard InChI is InChI=1S/C25H26FN3O3/c26-19-11-13-20(14-12-19)27-23(30)17-22-24(31)29(21-9-5-2-6-10-21)25(32)28(22)16-15-18-7-3-1-4-8-18/h2,5-7,9-14,22H,1,3-4,8,15-17H2,(H,27,30)/t22-/m1/s1. The number of nitrogens with zero attached hydrogens (tertiary/aromatic N) is 2. The van der Waals surface area contributed by atoms with Crippen LogP contribution in [0.2, 0.25) is 0 Å². The Bertz CT molecular complexity index is 1020. The summed E-state index contributed by atoms with van der Waals surface area (Å²) in [5.74, 6) is -1.21. The Balaban J connectivity index is 1.52. The number of hydrogen-bond acceptors (Lipinski definition) is 3. The minimum Gasteiger partial charge on any atom is -0.326 e. The Morgan fingerprint density at radius 1 is 1.03 bits per heavy atom. The molecule has 2 aliphatic rings. The van der Waals surface area contributed by atoms with Gasteiger partial charge in [-0.2, -0.15) is 0 Å². The van der Waals surface area contributed by atoms with Gasteiger partial charge in [0, 0.05) is 12.2 Å². The summed E-state index contributed by atoms with van der Waals surface area (Å²) in [6.45, 7) is 0.383. The van der Waals surface area contributed by atoms with Gasteiger partial charge in [-0.1, -0.05) is 29.8 Å². The monoisotopic (exact) mass is 435 g/mol. The molecular weight excluding hydrogens is 409 g/mol. The molecule has 7 heteroatoms. The number of hydrogen-bond donors (Lipinski definition) is 1. The number of anilines is 2. The molecule has 1 heterocycles. The van der Waals surface area contributed by atoms with E-state index >= 15 is 0 Å². The molecule has 2 aromatic rings. The maximum atomic E-state index is 13.2. The van der Waals surface area contributed by atoms with Crippen molar-refractivity contribution >= 4 is 29.2 Å². The SMILES string of the molecule is O=C(C[C@@H]1C(=O)N(c2ccccc2)C(=O)N1CCC1=CCCCC1)Nc1ccc(F)cc1. The van der Waals surface area contributed by atoms with Crippen molar-refractivity contribution in [3.63, 3.8) is 0 Å². The second kappa shape index (κ2) is 9.77. The number of halogens is 1. The summed E-state index contributed by atoms with van der Waals surface area (Å²) in [6.07, 6.45) is 7.12. The highest BCUT2D eigenvalue weighted by Crippen LogP contribution is 2.29. The number of para-hydroxylation sites is 1. The first-order chi connectivity index (χ1) is 15.5. The predicted octanol–water partition coefficient (Wildman–Crippen LogP) is 4.88. The fourth-order valence-corrected chi connectivity index (χ4v) is 4.22. The van der Waals surface area contributed by atoms with E-state index in [-0.39, 0.29) is 6.42 Å².